The van der Waals surface area contributed by atoms with Crippen LogP contribution in [0.4, 0.5) is 11.4 Å². The number of anilines is 2. The second-order valence-corrected chi connectivity index (χ2v) is 12.6. The summed E-state index contributed by atoms with van der Waals surface area (Å²) in [6, 6.07) is 13.9. The van der Waals surface area contributed by atoms with Crippen molar-refractivity contribution in [3.8, 4) is 0 Å². The molecular formula is C30H40N4O5S. The average molecular weight is 569 g/mol. The second kappa shape index (κ2) is 13.4. The van der Waals surface area contributed by atoms with E-state index in [1.165, 1.54) is 12.1 Å². The summed E-state index contributed by atoms with van der Waals surface area (Å²) in [6.07, 6.45) is 5.24. The molecule has 0 spiro atoms. The topological polar surface area (TPSA) is 116 Å². The molecule has 2 saturated heterocycles. The van der Waals surface area contributed by atoms with Crippen LogP contribution in [0.2, 0.25) is 0 Å². The molecule has 3 amide bonds. The molecule has 2 N–H and O–H groups in total. The number of benzene rings is 2. The molecule has 40 heavy (non-hydrogen) atoms. The van der Waals surface area contributed by atoms with Crippen LogP contribution in [-0.4, -0.2) is 57.2 Å². The number of amides is 3. The monoisotopic (exact) mass is 568 g/mol. The lowest BCUT2D eigenvalue weighted by molar-refractivity contribution is -0.138. The third-order valence-electron chi connectivity index (χ3n) is 7.75. The van der Waals surface area contributed by atoms with Crippen LogP contribution in [0.3, 0.4) is 0 Å². The first-order chi connectivity index (χ1) is 19.2. The lowest BCUT2D eigenvalue weighted by Gasteiger charge is -2.33. The van der Waals surface area contributed by atoms with Gasteiger partial charge in [0.15, 0.2) is 0 Å². The smallest absolute Gasteiger partial charge is 0.240 e. The van der Waals surface area contributed by atoms with Crippen LogP contribution >= 0.6 is 0 Å². The highest BCUT2D eigenvalue weighted by Crippen LogP contribution is 2.28. The normalized spacial score (nSPS) is 18.2. The van der Waals surface area contributed by atoms with Gasteiger partial charge in [0.1, 0.15) is 0 Å². The maximum atomic E-state index is 13.2. The van der Waals surface area contributed by atoms with Gasteiger partial charge in [0.05, 0.1) is 10.8 Å². The van der Waals surface area contributed by atoms with Crippen LogP contribution in [-0.2, 0) is 24.4 Å². The summed E-state index contributed by atoms with van der Waals surface area (Å²) >= 11 is 0. The van der Waals surface area contributed by atoms with E-state index in [4.69, 9.17) is 0 Å². The van der Waals surface area contributed by atoms with Gasteiger partial charge in [-0.3, -0.25) is 14.4 Å². The van der Waals surface area contributed by atoms with Crippen LogP contribution < -0.4 is 14.9 Å². The Morgan fingerprint density at radius 1 is 0.925 bits per heavy atom. The minimum atomic E-state index is -3.58. The highest BCUT2D eigenvalue weighted by atomic mass is 32.2. The predicted octanol–water partition coefficient (Wildman–Crippen LogP) is 4.08. The molecule has 0 saturated carbocycles. The molecule has 2 heterocycles. The molecule has 0 bridgehead atoms. The number of sulfonamides is 1. The molecule has 1 atom stereocenters. The molecule has 2 aromatic rings. The van der Waals surface area contributed by atoms with E-state index in [0.29, 0.717) is 44.7 Å². The van der Waals surface area contributed by atoms with Gasteiger partial charge < -0.3 is 15.1 Å². The largest absolute Gasteiger partial charge is 0.342 e. The molecule has 4 rings (SSSR count). The van der Waals surface area contributed by atoms with Crippen molar-refractivity contribution in [2.75, 3.05) is 36.4 Å². The molecule has 10 heteroatoms. The number of unbranched alkanes of at least 4 members (excludes halogenated alkanes) is 3. The van der Waals surface area contributed by atoms with Crippen LogP contribution in [0, 0.1) is 18.8 Å². The SMILES string of the molecule is CCCCCCNS(=O)(=O)c1ccc(NC(=O)C2CCN(C(=O)C3CC(=O)N(c4ccc(C)cc4)C3)CC2)cc1. The first-order valence-corrected chi connectivity index (χ1v) is 15.7. The summed E-state index contributed by atoms with van der Waals surface area (Å²) in [6.45, 7) is 5.81. The van der Waals surface area contributed by atoms with Crippen molar-refractivity contribution in [2.24, 2.45) is 11.8 Å². The number of aryl methyl sites for hydroxylation is 1. The standard InChI is InChI=1S/C30H40N4O5S/c1-3-4-5-6-17-31-40(38,39)27-13-9-25(10-14-27)32-29(36)23-15-18-33(19-16-23)30(37)24-20-28(35)34(21-24)26-11-7-22(2)8-12-26/h7-14,23-24,31H,3-6,15-21H2,1-2H3,(H,32,36). The second-order valence-electron chi connectivity index (χ2n) is 10.8. The number of carbonyl (C=O) groups excluding carboxylic acids is 3. The van der Waals surface area contributed by atoms with E-state index in [1.807, 2.05) is 31.2 Å². The van der Waals surface area contributed by atoms with Crippen molar-refractivity contribution >= 4 is 39.1 Å². The number of carbonyl (C=O) groups is 3. The van der Waals surface area contributed by atoms with Crippen molar-refractivity contribution < 1.29 is 22.8 Å². The number of nitrogens with zero attached hydrogens (tertiary/aromatic N) is 2. The lowest BCUT2D eigenvalue weighted by Crippen LogP contribution is -2.44. The van der Waals surface area contributed by atoms with Gasteiger partial charge in [0.2, 0.25) is 27.7 Å². The number of nitrogens with one attached hydrogen (secondary N) is 2. The number of likely N-dealkylation sites (tertiary alicyclic amines) is 1. The quantitative estimate of drug-likeness (QED) is 0.396. The Balaban J connectivity index is 1.23. The Hall–Kier alpha value is -3.24. The van der Waals surface area contributed by atoms with Gasteiger partial charge in [-0.05, 0) is 62.6 Å². The van der Waals surface area contributed by atoms with Crippen molar-refractivity contribution in [1.29, 1.82) is 0 Å². The highest BCUT2D eigenvalue weighted by molar-refractivity contribution is 7.89. The molecule has 216 valence electrons. The summed E-state index contributed by atoms with van der Waals surface area (Å²) in [5.74, 6) is -0.833. The van der Waals surface area contributed by atoms with Crippen LogP contribution in [0.25, 0.3) is 0 Å². The summed E-state index contributed by atoms with van der Waals surface area (Å²) in [4.78, 5) is 42.3. The van der Waals surface area contributed by atoms with Gasteiger partial charge in [-0.2, -0.15) is 0 Å². The fourth-order valence-electron chi connectivity index (χ4n) is 5.27. The third-order valence-corrected chi connectivity index (χ3v) is 9.23. The Morgan fingerprint density at radius 3 is 2.25 bits per heavy atom. The summed E-state index contributed by atoms with van der Waals surface area (Å²) in [7, 11) is -3.58. The maximum Gasteiger partial charge on any atom is 0.240 e. The van der Waals surface area contributed by atoms with Crippen molar-refractivity contribution in [3.63, 3.8) is 0 Å². The van der Waals surface area contributed by atoms with E-state index in [-0.39, 0.29) is 40.9 Å². The molecule has 2 aliphatic rings. The van der Waals surface area contributed by atoms with Crippen LogP contribution in [0.1, 0.15) is 57.4 Å². The number of piperidine rings is 1. The highest BCUT2D eigenvalue weighted by Gasteiger charge is 2.38. The summed E-state index contributed by atoms with van der Waals surface area (Å²) in [5.41, 5.74) is 2.46. The molecule has 0 aromatic heterocycles. The van der Waals surface area contributed by atoms with E-state index >= 15 is 0 Å². The van der Waals surface area contributed by atoms with Crippen LogP contribution in [0.15, 0.2) is 53.4 Å². The Labute approximate surface area is 237 Å². The van der Waals surface area contributed by atoms with Gasteiger partial charge in [0.25, 0.3) is 0 Å². The zero-order valence-electron chi connectivity index (χ0n) is 23.4. The first kappa shape index (κ1) is 29.7. The summed E-state index contributed by atoms with van der Waals surface area (Å²) in [5, 5.41) is 2.88. The Morgan fingerprint density at radius 2 is 1.60 bits per heavy atom. The number of hydrogen-bond acceptors (Lipinski definition) is 5. The zero-order chi connectivity index (χ0) is 28.7. The third kappa shape index (κ3) is 7.48. The molecule has 0 radical (unpaired) electrons. The molecule has 1 unspecified atom stereocenters. The van der Waals surface area contributed by atoms with E-state index in [2.05, 4.69) is 17.0 Å². The van der Waals surface area contributed by atoms with E-state index in [9.17, 15) is 22.8 Å². The van der Waals surface area contributed by atoms with Gasteiger partial charge in [-0.25, -0.2) is 13.1 Å². The van der Waals surface area contributed by atoms with Crippen molar-refractivity contribution in [3.05, 3.63) is 54.1 Å². The molecule has 0 aliphatic carbocycles. The van der Waals surface area contributed by atoms with E-state index < -0.39 is 10.0 Å². The number of hydrogen-bond donors (Lipinski definition) is 2. The Bertz CT molecular complexity index is 1290. The molecular weight excluding hydrogens is 528 g/mol. The van der Waals surface area contributed by atoms with Gasteiger partial charge in [0, 0.05) is 49.9 Å². The Kier molecular flexibility index (Phi) is 9.97. The fourth-order valence-corrected chi connectivity index (χ4v) is 6.35. The molecule has 2 aromatic carbocycles. The molecule has 2 aliphatic heterocycles. The van der Waals surface area contributed by atoms with Gasteiger partial charge >= 0.3 is 0 Å². The zero-order valence-corrected chi connectivity index (χ0v) is 24.2. The molecule has 9 nitrogen and oxygen atoms in total. The van der Waals surface area contributed by atoms with Crippen molar-refractivity contribution in [1.82, 2.24) is 9.62 Å². The minimum Gasteiger partial charge on any atom is -0.342 e. The van der Waals surface area contributed by atoms with Crippen molar-refractivity contribution in [2.45, 2.75) is 63.7 Å². The summed E-state index contributed by atoms with van der Waals surface area (Å²) < 4.78 is 27.6. The van der Waals surface area contributed by atoms with Crippen LogP contribution in [0.5, 0.6) is 0 Å². The number of rotatable bonds is 11. The average Bonchev–Trinajstić information content (AvgIpc) is 3.34. The van der Waals surface area contributed by atoms with Gasteiger partial charge in [-0.15, -0.1) is 0 Å². The lowest BCUT2D eigenvalue weighted by atomic mass is 9.94. The van der Waals surface area contributed by atoms with E-state index in [1.54, 1.807) is 21.9 Å². The first-order valence-electron chi connectivity index (χ1n) is 14.2. The van der Waals surface area contributed by atoms with E-state index in [0.717, 1.165) is 36.9 Å². The van der Waals surface area contributed by atoms with Gasteiger partial charge in [-0.1, -0.05) is 43.9 Å². The molecule has 2 fully saturated rings. The minimum absolute atomic E-state index is 0.0300. The fraction of sp³-hybridized carbons (Fsp3) is 0.500. The maximum absolute atomic E-state index is 13.2. The predicted molar refractivity (Wildman–Crippen MR) is 155 cm³/mol.